The summed E-state index contributed by atoms with van der Waals surface area (Å²) in [7, 11) is 1.50. The minimum Gasteiger partial charge on any atom is -0.492 e. The molecule has 1 aromatic heterocycles. The maximum Gasteiger partial charge on any atom is 0.363 e. The lowest BCUT2D eigenvalue weighted by atomic mass is 10.2. The average molecular weight is 194 g/mol. The van der Waals surface area contributed by atoms with Crippen LogP contribution in [-0.4, -0.2) is 17.0 Å². The van der Waals surface area contributed by atoms with Gasteiger partial charge in [-0.2, -0.15) is 0 Å². The van der Waals surface area contributed by atoms with E-state index in [9.17, 15) is 10.1 Å². The summed E-state index contributed by atoms with van der Waals surface area (Å²) in [6.45, 7) is 3.54. The fourth-order valence-electron chi connectivity index (χ4n) is 1.05. The number of aromatic nitrogens is 1. The largest absolute Gasteiger partial charge is 0.492 e. The van der Waals surface area contributed by atoms with Gasteiger partial charge in [0.1, 0.15) is 0 Å². The zero-order valence-electron chi connectivity index (χ0n) is 7.77. The Morgan fingerprint density at radius 1 is 1.71 bits per heavy atom. The van der Waals surface area contributed by atoms with Crippen molar-refractivity contribution in [3.8, 4) is 5.75 Å². The van der Waals surface area contributed by atoms with Gasteiger partial charge in [0, 0.05) is 12.5 Å². The first kappa shape index (κ1) is 10.2. The summed E-state index contributed by atoms with van der Waals surface area (Å²) in [6, 6.07) is 2.84. The van der Waals surface area contributed by atoms with E-state index in [0.717, 1.165) is 0 Å². The fraction of sp³-hybridized carbons (Fsp3) is 0.222. The Bertz CT molecular complexity index is 363. The summed E-state index contributed by atoms with van der Waals surface area (Å²) < 4.78 is 5.00. The summed E-state index contributed by atoms with van der Waals surface area (Å²) in [4.78, 5) is 13.7. The molecule has 1 heterocycles. The molecule has 0 N–H and O–H groups in total. The van der Waals surface area contributed by atoms with E-state index in [0.29, 0.717) is 17.9 Å². The molecule has 0 unspecified atom stereocenters. The van der Waals surface area contributed by atoms with E-state index in [1.54, 1.807) is 6.08 Å². The molecule has 0 fully saturated rings. The average Bonchev–Trinajstić information content (AvgIpc) is 2.18. The highest BCUT2D eigenvalue weighted by atomic mass is 16.6. The molecule has 0 aromatic carbocycles. The number of pyridine rings is 1. The summed E-state index contributed by atoms with van der Waals surface area (Å²) >= 11 is 0. The van der Waals surface area contributed by atoms with Gasteiger partial charge in [-0.15, -0.1) is 6.58 Å². The third kappa shape index (κ3) is 2.07. The first-order chi connectivity index (χ1) is 6.69. The monoisotopic (exact) mass is 194 g/mol. The van der Waals surface area contributed by atoms with Gasteiger partial charge in [-0.05, 0) is 16.0 Å². The van der Waals surface area contributed by atoms with Gasteiger partial charge in [0.25, 0.3) is 0 Å². The highest BCUT2D eigenvalue weighted by Crippen LogP contribution is 2.20. The van der Waals surface area contributed by atoms with Gasteiger partial charge >= 0.3 is 5.82 Å². The third-order valence-electron chi connectivity index (χ3n) is 1.66. The quantitative estimate of drug-likeness (QED) is 0.416. The highest BCUT2D eigenvalue weighted by molar-refractivity contribution is 5.35. The summed E-state index contributed by atoms with van der Waals surface area (Å²) in [6.07, 6.45) is 2.07. The molecule has 0 aliphatic carbocycles. The molecular weight excluding hydrogens is 184 g/mol. The molecule has 0 radical (unpaired) electrons. The second-order valence-corrected chi connectivity index (χ2v) is 2.57. The molecule has 0 saturated heterocycles. The van der Waals surface area contributed by atoms with Gasteiger partial charge in [-0.1, -0.05) is 6.08 Å². The van der Waals surface area contributed by atoms with Crippen molar-refractivity contribution in [2.75, 3.05) is 7.11 Å². The van der Waals surface area contributed by atoms with Crippen molar-refractivity contribution in [1.82, 2.24) is 4.98 Å². The topological polar surface area (TPSA) is 65.3 Å². The van der Waals surface area contributed by atoms with Crippen molar-refractivity contribution in [2.45, 2.75) is 6.42 Å². The Balaban J connectivity index is 3.13. The van der Waals surface area contributed by atoms with Crippen molar-refractivity contribution < 1.29 is 9.66 Å². The molecular formula is C9H10N2O3. The Morgan fingerprint density at radius 2 is 2.43 bits per heavy atom. The van der Waals surface area contributed by atoms with Crippen LogP contribution in [0.5, 0.6) is 5.75 Å². The molecule has 0 amide bonds. The molecule has 0 saturated carbocycles. The Labute approximate surface area is 81.2 Å². The molecule has 0 aliphatic rings. The molecule has 5 nitrogen and oxygen atoms in total. The predicted molar refractivity (Wildman–Crippen MR) is 51.3 cm³/mol. The van der Waals surface area contributed by atoms with Crippen LogP contribution in [0.4, 0.5) is 5.82 Å². The molecule has 5 heteroatoms. The second kappa shape index (κ2) is 4.36. The number of rotatable bonds is 4. The lowest BCUT2D eigenvalue weighted by Crippen LogP contribution is -1.98. The van der Waals surface area contributed by atoms with Crippen molar-refractivity contribution >= 4 is 5.82 Å². The van der Waals surface area contributed by atoms with Crippen LogP contribution in [0.1, 0.15) is 5.69 Å². The molecule has 0 bridgehead atoms. The molecule has 0 atom stereocenters. The van der Waals surface area contributed by atoms with Gasteiger partial charge in [0.15, 0.2) is 11.4 Å². The summed E-state index contributed by atoms with van der Waals surface area (Å²) in [5, 5.41) is 10.4. The zero-order valence-corrected chi connectivity index (χ0v) is 7.77. The molecule has 1 aromatic rings. The number of hydrogen-bond donors (Lipinski definition) is 0. The summed E-state index contributed by atoms with van der Waals surface area (Å²) in [5.74, 6) is 0.359. The standard InChI is InChI=1S/C9H10N2O3/c1-3-4-7-8(14-2)5-6-9(10-7)11(12)13/h3,5-6H,1,4H2,2H3. The first-order valence-electron chi connectivity index (χ1n) is 3.98. The number of nitrogens with zero attached hydrogens (tertiary/aromatic N) is 2. The highest BCUT2D eigenvalue weighted by Gasteiger charge is 2.14. The van der Waals surface area contributed by atoms with E-state index in [1.165, 1.54) is 19.2 Å². The maximum atomic E-state index is 10.4. The number of ether oxygens (including phenoxy) is 1. The maximum absolute atomic E-state index is 10.4. The van der Waals surface area contributed by atoms with Gasteiger partial charge in [-0.25, -0.2) is 0 Å². The van der Waals surface area contributed by atoms with E-state index in [4.69, 9.17) is 4.74 Å². The summed E-state index contributed by atoms with van der Waals surface area (Å²) in [5.41, 5.74) is 0.525. The fourth-order valence-corrected chi connectivity index (χ4v) is 1.05. The van der Waals surface area contributed by atoms with Gasteiger partial charge in [0.05, 0.1) is 7.11 Å². The van der Waals surface area contributed by atoms with E-state index < -0.39 is 4.92 Å². The van der Waals surface area contributed by atoms with Crippen LogP contribution in [0.3, 0.4) is 0 Å². The van der Waals surface area contributed by atoms with Gasteiger partial charge < -0.3 is 14.9 Å². The van der Waals surface area contributed by atoms with Crippen LogP contribution < -0.4 is 4.74 Å². The molecule has 0 spiro atoms. The van der Waals surface area contributed by atoms with Crippen LogP contribution in [0.15, 0.2) is 24.8 Å². The smallest absolute Gasteiger partial charge is 0.363 e. The van der Waals surface area contributed by atoms with Crippen molar-refractivity contribution in [2.24, 2.45) is 0 Å². The molecule has 74 valence electrons. The zero-order chi connectivity index (χ0) is 10.6. The molecule has 14 heavy (non-hydrogen) atoms. The minimum absolute atomic E-state index is 0.178. The Morgan fingerprint density at radius 3 is 2.93 bits per heavy atom. The van der Waals surface area contributed by atoms with Gasteiger partial charge in [0.2, 0.25) is 0 Å². The van der Waals surface area contributed by atoms with E-state index >= 15 is 0 Å². The van der Waals surface area contributed by atoms with Crippen LogP contribution in [0, 0.1) is 10.1 Å². The van der Waals surface area contributed by atoms with Crippen molar-refractivity contribution in [3.05, 3.63) is 40.6 Å². The lowest BCUT2D eigenvalue weighted by Gasteiger charge is -2.01. The first-order valence-corrected chi connectivity index (χ1v) is 3.98. The van der Waals surface area contributed by atoms with Gasteiger partial charge in [-0.3, -0.25) is 0 Å². The SMILES string of the molecule is C=CCc1nc([N+](=O)[O-])ccc1OC. The minimum atomic E-state index is -0.536. The number of hydrogen-bond acceptors (Lipinski definition) is 4. The molecule has 0 aliphatic heterocycles. The Hall–Kier alpha value is -1.91. The van der Waals surface area contributed by atoms with Crippen LogP contribution in [0.2, 0.25) is 0 Å². The van der Waals surface area contributed by atoms with E-state index in [-0.39, 0.29) is 5.82 Å². The van der Waals surface area contributed by atoms with E-state index in [1.807, 2.05) is 0 Å². The van der Waals surface area contributed by atoms with E-state index in [2.05, 4.69) is 11.6 Å². The number of allylic oxidation sites excluding steroid dienone is 1. The Kier molecular flexibility index (Phi) is 3.17. The third-order valence-corrected chi connectivity index (χ3v) is 1.66. The van der Waals surface area contributed by atoms with Crippen molar-refractivity contribution in [1.29, 1.82) is 0 Å². The predicted octanol–water partition coefficient (Wildman–Crippen LogP) is 1.73. The number of methoxy groups -OCH3 is 1. The van der Waals surface area contributed by atoms with Crippen LogP contribution in [-0.2, 0) is 6.42 Å². The lowest BCUT2D eigenvalue weighted by molar-refractivity contribution is -0.389. The van der Waals surface area contributed by atoms with Crippen LogP contribution in [0.25, 0.3) is 0 Å². The number of nitro groups is 1. The van der Waals surface area contributed by atoms with Crippen LogP contribution >= 0.6 is 0 Å². The normalized spacial score (nSPS) is 9.50. The molecule has 1 rings (SSSR count). The second-order valence-electron chi connectivity index (χ2n) is 2.57. The van der Waals surface area contributed by atoms with Crippen molar-refractivity contribution in [3.63, 3.8) is 0 Å².